The van der Waals surface area contributed by atoms with Gasteiger partial charge in [-0.1, -0.05) is 5.92 Å². The van der Waals surface area contributed by atoms with Crippen LogP contribution in [0, 0.1) is 22.5 Å². The maximum absolute atomic E-state index is 12.5. The fourth-order valence-corrected chi connectivity index (χ4v) is 3.63. The van der Waals surface area contributed by atoms with Crippen molar-refractivity contribution in [2.75, 3.05) is 11.1 Å². The molecule has 0 aliphatic heterocycles. The third-order valence-electron chi connectivity index (χ3n) is 4.36. The number of H-pyrrole nitrogens is 1. The molecule has 0 unspecified atom stereocenters. The second-order valence-corrected chi connectivity index (χ2v) is 8.13. The number of non-ortho nitro benzene ring substituents is 1. The molecule has 0 fully saturated rings. The summed E-state index contributed by atoms with van der Waals surface area (Å²) in [5, 5.41) is 12.9. The summed E-state index contributed by atoms with van der Waals surface area (Å²) in [6.45, 7) is -0.349. The summed E-state index contributed by atoms with van der Waals surface area (Å²) >= 11 is 0. The Bertz CT molecular complexity index is 1530. The third-order valence-corrected chi connectivity index (χ3v) is 5.62. The average molecular weight is 485 g/mol. The Morgan fingerprint density at radius 1 is 1.18 bits per heavy atom. The summed E-state index contributed by atoms with van der Waals surface area (Å²) in [5.74, 6) is 0.786. The van der Waals surface area contributed by atoms with Crippen LogP contribution in [0.5, 0.6) is 5.75 Å². The molecule has 13 nitrogen and oxygen atoms in total. The summed E-state index contributed by atoms with van der Waals surface area (Å²) in [6.07, 6.45) is 5.13. The first-order valence-corrected chi connectivity index (χ1v) is 10.6. The van der Waals surface area contributed by atoms with Gasteiger partial charge in [0.15, 0.2) is 0 Å². The number of terminal acetylenes is 1. The Labute approximate surface area is 191 Å². The SMILES string of the molecule is C#CCn1c(=O)[nH]c(N)c(NC(=O)c2ccc(S(=O)(=O)Oc3ccc([N+](=O)[O-])cc3)cc2)c1=O. The van der Waals surface area contributed by atoms with Crippen molar-refractivity contribution in [3.05, 3.63) is 85.0 Å². The molecule has 4 N–H and O–H groups in total. The van der Waals surface area contributed by atoms with Gasteiger partial charge in [-0.2, -0.15) is 8.42 Å². The number of rotatable bonds is 7. The van der Waals surface area contributed by atoms with Gasteiger partial charge in [-0.05, 0) is 36.4 Å². The van der Waals surface area contributed by atoms with E-state index in [1.54, 1.807) is 0 Å². The zero-order valence-electron chi connectivity index (χ0n) is 17.0. The van der Waals surface area contributed by atoms with Crippen molar-refractivity contribution in [3.63, 3.8) is 0 Å². The number of nitrogens with one attached hydrogen (secondary N) is 2. The van der Waals surface area contributed by atoms with Gasteiger partial charge in [0.25, 0.3) is 17.2 Å². The van der Waals surface area contributed by atoms with E-state index in [1.165, 1.54) is 0 Å². The summed E-state index contributed by atoms with van der Waals surface area (Å²) in [6, 6.07) is 8.90. The number of nitro groups is 1. The van der Waals surface area contributed by atoms with Crippen molar-refractivity contribution in [2.45, 2.75) is 11.4 Å². The van der Waals surface area contributed by atoms with Crippen LogP contribution in [0.25, 0.3) is 0 Å². The van der Waals surface area contributed by atoms with E-state index in [0.29, 0.717) is 4.57 Å². The normalized spacial score (nSPS) is 10.8. The number of anilines is 2. The van der Waals surface area contributed by atoms with E-state index >= 15 is 0 Å². The first-order chi connectivity index (χ1) is 16.0. The van der Waals surface area contributed by atoms with Gasteiger partial charge in [-0.15, -0.1) is 6.42 Å². The lowest BCUT2D eigenvalue weighted by molar-refractivity contribution is -0.384. The lowest BCUT2D eigenvalue weighted by Crippen LogP contribution is -2.38. The second-order valence-electron chi connectivity index (χ2n) is 6.58. The van der Waals surface area contributed by atoms with Gasteiger partial charge in [0.2, 0.25) is 0 Å². The van der Waals surface area contributed by atoms with E-state index < -0.39 is 37.9 Å². The summed E-state index contributed by atoms with van der Waals surface area (Å²) in [5.41, 5.74) is 3.18. The molecule has 0 spiro atoms. The number of carbonyl (C=O) groups is 1. The van der Waals surface area contributed by atoms with Gasteiger partial charge in [0, 0.05) is 17.7 Å². The van der Waals surface area contributed by atoms with Crippen LogP contribution >= 0.6 is 0 Å². The number of benzene rings is 2. The minimum absolute atomic E-state index is 0.0391. The van der Waals surface area contributed by atoms with E-state index in [2.05, 4.69) is 16.2 Å². The molecule has 3 rings (SSSR count). The molecule has 2 aromatic carbocycles. The van der Waals surface area contributed by atoms with Crippen LogP contribution in [0.1, 0.15) is 10.4 Å². The zero-order valence-corrected chi connectivity index (χ0v) is 17.9. The van der Waals surface area contributed by atoms with E-state index in [4.69, 9.17) is 16.3 Å². The van der Waals surface area contributed by atoms with E-state index in [1.807, 2.05) is 0 Å². The Morgan fingerprint density at radius 3 is 2.35 bits per heavy atom. The summed E-state index contributed by atoms with van der Waals surface area (Å²) < 4.78 is 30.5. The minimum Gasteiger partial charge on any atom is -0.383 e. The summed E-state index contributed by atoms with van der Waals surface area (Å²) in [7, 11) is -4.31. The van der Waals surface area contributed by atoms with Gasteiger partial charge in [0.1, 0.15) is 22.2 Å². The van der Waals surface area contributed by atoms with Gasteiger partial charge >= 0.3 is 15.8 Å². The summed E-state index contributed by atoms with van der Waals surface area (Å²) in [4.78, 5) is 48.6. The van der Waals surface area contributed by atoms with E-state index in [0.717, 1.165) is 48.5 Å². The van der Waals surface area contributed by atoms with Crippen molar-refractivity contribution in [1.29, 1.82) is 0 Å². The number of aromatic nitrogens is 2. The molecule has 0 saturated heterocycles. The molecule has 14 heteroatoms. The molecule has 1 amide bonds. The van der Waals surface area contributed by atoms with Crippen LogP contribution in [-0.4, -0.2) is 28.8 Å². The number of nitrogens with two attached hydrogens (primary N) is 1. The molecule has 174 valence electrons. The van der Waals surface area contributed by atoms with Crippen molar-refractivity contribution in [2.24, 2.45) is 0 Å². The third kappa shape index (κ3) is 4.95. The first kappa shape index (κ1) is 23.8. The Hall–Kier alpha value is -4.90. The van der Waals surface area contributed by atoms with Crippen molar-refractivity contribution in [1.82, 2.24) is 9.55 Å². The lowest BCUT2D eigenvalue weighted by Gasteiger charge is -2.10. The number of hydrogen-bond acceptors (Lipinski definition) is 9. The molecule has 0 aliphatic rings. The van der Waals surface area contributed by atoms with Crippen LogP contribution in [0.15, 0.2) is 63.0 Å². The molecule has 0 atom stereocenters. The van der Waals surface area contributed by atoms with Crippen LogP contribution in [0.3, 0.4) is 0 Å². The van der Waals surface area contributed by atoms with Gasteiger partial charge in [-0.3, -0.25) is 24.7 Å². The Morgan fingerprint density at radius 2 is 1.79 bits per heavy atom. The Balaban J connectivity index is 1.80. The number of nitrogens with zero attached hydrogens (tertiary/aromatic N) is 2. The van der Waals surface area contributed by atoms with Gasteiger partial charge in [-0.25, -0.2) is 9.36 Å². The molecule has 34 heavy (non-hydrogen) atoms. The van der Waals surface area contributed by atoms with Gasteiger partial charge < -0.3 is 15.2 Å². The predicted molar refractivity (Wildman–Crippen MR) is 120 cm³/mol. The maximum atomic E-state index is 12.5. The quantitative estimate of drug-likeness (QED) is 0.186. The zero-order chi connectivity index (χ0) is 25.0. The second kappa shape index (κ2) is 9.30. The van der Waals surface area contributed by atoms with Crippen molar-refractivity contribution < 1.29 is 22.3 Å². The largest absolute Gasteiger partial charge is 0.383 e. The fraction of sp³-hybridized carbons (Fsp3) is 0.0500. The number of amides is 1. The van der Waals surface area contributed by atoms with Crippen molar-refractivity contribution >= 4 is 33.2 Å². The highest BCUT2D eigenvalue weighted by Crippen LogP contribution is 2.22. The first-order valence-electron chi connectivity index (χ1n) is 9.20. The van der Waals surface area contributed by atoms with Crippen LogP contribution in [0.4, 0.5) is 17.2 Å². The Kier molecular flexibility index (Phi) is 6.50. The molecule has 0 radical (unpaired) electrons. The van der Waals surface area contributed by atoms with Crippen LogP contribution < -0.4 is 26.5 Å². The molecular formula is C20H15N5O8S. The van der Waals surface area contributed by atoms with Gasteiger partial charge in [0.05, 0.1) is 11.5 Å². The number of hydrogen-bond donors (Lipinski definition) is 3. The number of nitrogen functional groups attached to an aromatic ring is 1. The highest BCUT2D eigenvalue weighted by molar-refractivity contribution is 7.87. The average Bonchev–Trinajstić information content (AvgIpc) is 2.79. The smallest absolute Gasteiger partial charge is 0.339 e. The molecule has 0 aliphatic carbocycles. The van der Waals surface area contributed by atoms with E-state index in [9.17, 15) is 32.9 Å². The lowest BCUT2D eigenvalue weighted by atomic mass is 10.2. The highest BCUT2D eigenvalue weighted by atomic mass is 32.2. The van der Waals surface area contributed by atoms with Crippen molar-refractivity contribution in [3.8, 4) is 18.1 Å². The maximum Gasteiger partial charge on any atom is 0.339 e. The molecule has 1 heterocycles. The van der Waals surface area contributed by atoms with Crippen LogP contribution in [0.2, 0.25) is 0 Å². The monoisotopic (exact) mass is 485 g/mol. The molecular weight excluding hydrogens is 470 g/mol. The molecule has 0 bridgehead atoms. The highest BCUT2D eigenvalue weighted by Gasteiger charge is 2.20. The van der Waals surface area contributed by atoms with Crippen LogP contribution in [-0.2, 0) is 16.7 Å². The molecule has 1 aromatic heterocycles. The number of aromatic amines is 1. The number of nitro benzene ring substituents is 1. The number of carbonyl (C=O) groups excluding carboxylic acids is 1. The van der Waals surface area contributed by atoms with E-state index in [-0.39, 0.29) is 34.3 Å². The fourth-order valence-electron chi connectivity index (χ4n) is 2.70. The predicted octanol–water partition coefficient (Wildman–Crippen LogP) is 0.680. The molecule has 3 aromatic rings. The molecule has 0 saturated carbocycles. The minimum atomic E-state index is -4.31. The topological polar surface area (TPSA) is 196 Å². The standard InChI is InChI=1S/C20H15N5O8S/c1-2-11-24-19(27)16(17(21)23-20(24)28)22-18(26)12-3-9-15(10-4-12)34(31,32)33-14-7-5-13(6-8-14)25(29)30/h1,3-10H,11,21H2,(H,22,26)(H,23,28).